The highest BCUT2D eigenvalue weighted by atomic mass is 32.2. The SMILES string of the molecule is CC(C)(C)c1ccc(S(=O)(=O)N(CCN2CCOCC2)CC(=O)N(Cc2ccccc2)Cc2cccs2)cc1. The quantitative estimate of drug-likeness (QED) is 0.338. The maximum Gasteiger partial charge on any atom is 0.243 e. The van der Waals surface area contributed by atoms with E-state index in [1.165, 1.54) is 4.31 Å². The van der Waals surface area contributed by atoms with Crippen molar-refractivity contribution >= 4 is 27.3 Å². The molecule has 0 spiro atoms. The van der Waals surface area contributed by atoms with E-state index < -0.39 is 10.0 Å². The van der Waals surface area contributed by atoms with Crippen molar-refractivity contribution in [1.29, 1.82) is 0 Å². The molecule has 7 nitrogen and oxygen atoms in total. The lowest BCUT2D eigenvalue weighted by atomic mass is 9.87. The molecular formula is C30H39N3O4S2. The van der Waals surface area contributed by atoms with Crippen LogP contribution in [-0.4, -0.2) is 74.4 Å². The van der Waals surface area contributed by atoms with E-state index in [4.69, 9.17) is 4.74 Å². The molecule has 0 radical (unpaired) electrons. The predicted molar refractivity (Wildman–Crippen MR) is 156 cm³/mol. The minimum absolute atomic E-state index is 0.0893. The molecule has 0 aliphatic carbocycles. The van der Waals surface area contributed by atoms with Gasteiger partial charge in [-0.15, -0.1) is 11.3 Å². The number of carbonyl (C=O) groups is 1. The predicted octanol–water partition coefficient (Wildman–Crippen LogP) is 4.60. The lowest BCUT2D eigenvalue weighted by Gasteiger charge is -2.31. The molecule has 0 saturated carbocycles. The number of ether oxygens (including phenoxy) is 1. The Hall–Kier alpha value is -2.56. The first kappa shape index (κ1) is 29.4. The first-order chi connectivity index (χ1) is 18.6. The van der Waals surface area contributed by atoms with Gasteiger partial charge in [-0.1, -0.05) is 69.3 Å². The van der Waals surface area contributed by atoms with Crippen LogP contribution in [0.4, 0.5) is 0 Å². The van der Waals surface area contributed by atoms with E-state index in [9.17, 15) is 13.2 Å². The fourth-order valence-electron chi connectivity index (χ4n) is 4.52. The maximum atomic E-state index is 13.9. The minimum atomic E-state index is -3.90. The van der Waals surface area contributed by atoms with Gasteiger partial charge in [0, 0.05) is 37.6 Å². The van der Waals surface area contributed by atoms with Gasteiger partial charge in [-0.05, 0) is 40.1 Å². The van der Waals surface area contributed by atoms with Crippen LogP contribution < -0.4 is 0 Å². The van der Waals surface area contributed by atoms with Gasteiger partial charge in [0.05, 0.1) is 31.2 Å². The number of morpholine rings is 1. The van der Waals surface area contributed by atoms with Crippen LogP contribution in [0.2, 0.25) is 0 Å². The van der Waals surface area contributed by atoms with Crippen LogP contribution >= 0.6 is 11.3 Å². The Balaban J connectivity index is 1.58. The fraction of sp³-hybridized carbons (Fsp3) is 0.433. The molecule has 210 valence electrons. The topological polar surface area (TPSA) is 70.2 Å². The van der Waals surface area contributed by atoms with Crippen LogP contribution in [0.15, 0.2) is 77.0 Å². The summed E-state index contributed by atoms with van der Waals surface area (Å²) in [5.41, 5.74) is 1.97. The van der Waals surface area contributed by atoms with Crippen LogP contribution in [0.1, 0.15) is 36.8 Å². The molecule has 39 heavy (non-hydrogen) atoms. The van der Waals surface area contributed by atoms with E-state index in [1.807, 2.05) is 60.0 Å². The molecule has 1 fully saturated rings. The Morgan fingerprint density at radius 1 is 0.949 bits per heavy atom. The third-order valence-corrected chi connectivity index (χ3v) is 9.66. The van der Waals surface area contributed by atoms with Crippen molar-refractivity contribution in [3.63, 3.8) is 0 Å². The lowest BCUT2D eigenvalue weighted by Crippen LogP contribution is -2.46. The van der Waals surface area contributed by atoms with Gasteiger partial charge in [0.2, 0.25) is 15.9 Å². The van der Waals surface area contributed by atoms with E-state index in [2.05, 4.69) is 25.7 Å². The van der Waals surface area contributed by atoms with Crippen LogP contribution in [0, 0.1) is 0 Å². The number of benzene rings is 2. The van der Waals surface area contributed by atoms with E-state index in [-0.39, 0.29) is 29.3 Å². The van der Waals surface area contributed by atoms with Crippen LogP contribution in [0.25, 0.3) is 0 Å². The summed E-state index contributed by atoms with van der Waals surface area (Å²) in [4.78, 5) is 19.0. The third kappa shape index (κ3) is 8.22. The molecule has 3 aromatic rings. The second-order valence-electron chi connectivity index (χ2n) is 10.9. The Kier molecular flexibility index (Phi) is 9.96. The lowest BCUT2D eigenvalue weighted by molar-refractivity contribution is -0.132. The highest BCUT2D eigenvalue weighted by Crippen LogP contribution is 2.25. The Bertz CT molecular complexity index is 1280. The molecule has 4 rings (SSSR count). The molecule has 1 aliphatic rings. The van der Waals surface area contributed by atoms with E-state index in [1.54, 1.807) is 28.4 Å². The molecule has 9 heteroatoms. The van der Waals surface area contributed by atoms with Gasteiger partial charge in [0.15, 0.2) is 0 Å². The number of thiophene rings is 1. The Morgan fingerprint density at radius 3 is 2.26 bits per heavy atom. The first-order valence-electron chi connectivity index (χ1n) is 13.4. The first-order valence-corrected chi connectivity index (χ1v) is 15.7. The molecule has 1 aliphatic heterocycles. The number of rotatable bonds is 11. The second kappa shape index (κ2) is 13.2. The summed E-state index contributed by atoms with van der Waals surface area (Å²) in [6.07, 6.45) is 0. The molecule has 1 amide bonds. The third-order valence-electron chi connectivity index (χ3n) is 6.93. The van der Waals surface area contributed by atoms with Crippen LogP contribution in [0.3, 0.4) is 0 Å². The van der Waals surface area contributed by atoms with Gasteiger partial charge in [-0.2, -0.15) is 4.31 Å². The van der Waals surface area contributed by atoms with Gasteiger partial charge in [0.1, 0.15) is 0 Å². The normalized spacial score (nSPS) is 15.0. The fourth-order valence-corrected chi connectivity index (χ4v) is 6.62. The molecule has 1 saturated heterocycles. The molecule has 2 aromatic carbocycles. The summed E-state index contributed by atoms with van der Waals surface area (Å²) < 4.78 is 34.6. The van der Waals surface area contributed by atoms with Crippen molar-refractivity contribution < 1.29 is 17.9 Å². The second-order valence-corrected chi connectivity index (χ2v) is 13.9. The Morgan fingerprint density at radius 2 is 1.64 bits per heavy atom. The zero-order valence-electron chi connectivity index (χ0n) is 23.1. The van der Waals surface area contributed by atoms with Gasteiger partial charge in [0.25, 0.3) is 0 Å². The van der Waals surface area contributed by atoms with Crippen molar-refractivity contribution in [2.24, 2.45) is 0 Å². The number of hydrogen-bond donors (Lipinski definition) is 0. The molecular weight excluding hydrogens is 530 g/mol. The van der Waals surface area contributed by atoms with Crippen molar-refractivity contribution in [2.75, 3.05) is 45.9 Å². The maximum absolute atomic E-state index is 13.9. The highest BCUT2D eigenvalue weighted by molar-refractivity contribution is 7.89. The molecule has 0 bridgehead atoms. The summed E-state index contributed by atoms with van der Waals surface area (Å²) in [5, 5.41) is 1.99. The van der Waals surface area contributed by atoms with Gasteiger partial charge >= 0.3 is 0 Å². The van der Waals surface area contributed by atoms with Crippen molar-refractivity contribution in [3.05, 3.63) is 88.1 Å². The number of amides is 1. The molecule has 0 N–H and O–H groups in total. The van der Waals surface area contributed by atoms with E-state index in [0.717, 1.165) is 29.1 Å². The highest BCUT2D eigenvalue weighted by Gasteiger charge is 2.30. The van der Waals surface area contributed by atoms with Gasteiger partial charge in [-0.25, -0.2) is 8.42 Å². The average molecular weight is 570 g/mol. The molecule has 1 aromatic heterocycles. The number of hydrogen-bond acceptors (Lipinski definition) is 6. The standard InChI is InChI=1S/C30H39N3O4S2/c1-30(2,3)26-11-13-28(14-12-26)39(35,36)33(16-15-31-17-19-37-20-18-31)24-29(34)32(23-27-10-7-21-38-27)22-25-8-5-4-6-9-25/h4-14,21H,15-20,22-24H2,1-3H3. The van der Waals surface area contributed by atoms with Crippen LogP contribution in [0.5, 0.6) is 0 Å². The largest absolute Gasteiger partial charge is 0.379 e. The van der Waals surface area contributed by atoms with Gasteiger partial charge in [-0.3, -0.25) is 9.69 Å². The van der Waals surface area contributed by atoms with E-state index >= 15 is 0 Å². The number of sulfonamides is 1. The number of carbonyl (C=O) groups excluding carboxylic acids is 1. The monoisotopic (exact) mass is 569 g/mol. The van der Waals surface area contributed by atoms with Crippen molar-refractivity contribution in [2.45, 2.75) is 44.2 Å². The van der Waals surface area contributed by atoms with Gasteiger partial charge < -0.3 is 9.64 Å². The summed E-state index contributed by atoms with van der Waals surface area (Å²) in [7, 11) is -3.90. The summed E-state index contributed by atoms with van der Waals surface area (Å²) in [6.45, 7) is 10.5. The smallest absolute Gasteiger partial charge is 0.243 e. The average Bonchev–Trinajstić information content (AvgIpc) is 3.44. The van der Waals surface area contributed by atoms with Crippen molar-refractivity contribution in [3.8, 4) is 0 Å². The zero-order chi connectivity index (χ0) is 27.9. The summed E-state index contributed by atoms with van der Waals surface area (Å²) in [6, 6.07) is 20.8. The Labute approximate surface area is 237 Å². The zero-order valence-corrected chi connectivity index (χ0v) is 24.7. The molecule has 0 unspecified atom stereocenters. The molecule has 0 atom stereocenters. The van der Waals surface area contributed by atoms with Crippen LogP contribution in [-0.2, 0) is 38.1 Å². The number of nitrogens with zero attached hydrogens (tertiary/aromatic N) is 3. The van der Waals surface area contributed by atoms with Crippen molar-refractivity contribution in [1.82, 2.24) is 14.1 Å². The minimum Gasteiger partial charge on any atom is -0.379 e. The molecule has 2 heterocycles. The summed E-state index contributed by atoms with van der Waals surface area (Å²) in [5.74, 6) is -0.218. The van der Waals surface area contributed by atoms with E-state index in [0.29, 0.717) is 32.8 Å². The summed E-state index contributed by atoms with van der Waals surface area (Å²) >= 11 is 1.59.